The van der Waals surface area contributed by atoms with Crippen LogP contribution in [0.5, 0.6) is 0 Å². The molecule has 0 aliphatic rings. The fourth-order valence-electron chi connectivity index (χ4n) is 1.20. The molecule has 0 N–H and O–H groups in total. The first-order valence-corrected chi connectivity index (χ1v) is 4.20. The number of nitrogens with zero attached hydrogens (tertiary/aromatic N) is 1. The van der Waals surface area contributed by atoms with Gasteiger partial charge < -0.3 is 0 Å². The summed E-state index contributed by atoms with van der Waals surface area (Å²) in [5.74, 6) is 0.205. The third-order valence-corrected chi connectivity index (χ3v) is 1.81. The van der Waals surface area contributed by atoms with Crippen molar-refractivity contribution in [2.45, 2.75) is 27.2 Å². The summed E-state index contributed by atoms with van der Waals surface area (Å²) >= 11 is 0. The Kier molecular flexibility index (Phi) is 2.79. The summed E-state index contributed by atoms with van der Waals surface area (Å²) in [6, 6.07) is 1.48. The van der Waals surface area contributed by atoms with Crippen LogP contribution < -0.4 is 0 Å². The summed E-state index contributed by atoms with van der Waals surface area (Å²) in [7, 11) is 0. The van der Waals surface area contributed by atoms with Crippen molar-refractivity contribution >= 4 is 0 Å². The van der Waals surface area contributed by atoms with Gasteiger partial charge in [0.1, 0.15) is 0 Å². The van der Waals surface area contributed by atoms with Gasteiger partial charge in [0.25, 0.3) is 0 Å². The summed E-state index contributed by atoms with van der Waals surface area (Å²) in [5, 5.41) is 0. The van der Waals surface area contributed by atoms with Crippen LogP contribution in [0.2, 0.25) is 0 Å². The van der Waals surface area contributed by atoms with E-state index in [2.05, 4.69) is 18.8 Å². The van der Waals surface area contributed by atoms with Crippen LogP contribution in [0.25, 0.3) is 0 Å². The molecule has 0 amide bonds. The van der Waals surface area contributed by atoms with E-state index < -0.39 is 0 Å². The minimum atomic E-state index is -0.389. The highest BCUT2D eigenvalue weighted by atomic mass is 19.1. The molecule has 1 heterocycles. The van der Waals surface area contributed by atoms with E-state index in [1.807, 2.05) is 6.92 Å². The Labute approximate surface area is 72.6 Å². The molecule has 0 unspecified atom stereocenters. The Hall–Kier alpha value is -0.920. The fourth-order valence-corrected chi connectivity index (χ4v) is 1.20. The molecule has 0 aliphatic carbocycles. The Morgan fingerprint density at radius 2 is 2.17 bits per heavy atom. The standard InChI is InChI=1S/C10H14FN/c1-7(2)4-9-6-12-10(11)5-8(9)3/h5-7H,4H2,1-3H3. The van der Waals surface area contributed by atoms with Gasteiger partial charge in [-0.1, -0.05) is 13.8 Å². The maximum Gasteiger partial charge on any atom is 0.213 e. The first kappa shape index (κ1) is 9.17. The predicted molar refractivity (Wildman–Crippen MR) is 47.5 cm³/mol. The molecule has 0 spiro atoms. The summed E-state index contributed by atoms with van der Waals surface area (Å²) in [6.45, 7) is 6.20. The van der Waals surface area contributed by atoms with Crippen LogP contribution in [-0.2, 0) is 6.42 Å². The van der Waals surface area contributed by atoms with Gasteiger partial charge in [0, 0.05) is 6.20 Å². The topological polar surface area (TPSA) is 12.9 Å². The highest BCUT2D eigenvalue weighted by molar-refractivity contribution is 5.22. The van der Waals surface area contributed by atoms with Crippen molar-refractivity contribution in [1.82, 2.24) is 4.98 Å². The molecule has 0 aromatic carbocycles. The number of pyridine rings is 1. The molecule has 2 heteroatoms. The van der Waals surface area contributed by atoms with Gasteiger partial charge in [-0.3, -0.25) is 0 Å². The van der Waals surface area contributed by atoms with Crippen molar-refractivity contribution in [1.29, 1.82) is 0 Å². The lowest BCUT2D eigenvalue weighted by Gasteiger charge is -2.07. The molecule has 0 bridgehead atoms. The molecule has 1 nitrogen and oxygen atoms in total. The minimum absolute atomic E-state index is 0.389. The molecule has 0 aliphatic heterocycles. The van der Waals surface area contributed by atoms with E-state index in [-0.39, 0.29) is 5.95 Å². The van der Waals surface area contributed by atoms with Crippen molar-refractivity contribution in [3.63, 3.8) is 0 Å². The molecular formula is C10H14FN. The molecule has 1 aromatic heterocycles. The molecule has 0 atom stereocenters. The highest BCUT2D eigenvalue weighted by Gasteiger charge is 2.02. The fraction of sp³-hybridized carbons (Fsp3) is 0.500. The second-order valence-corrected chi connectivity index (χ2v) is 3.53. The summed E-state index contributed by atoms with van der Waals surface area (Å²) in [6.07, 6.45) is 2.60. The monoisotopic (exact) mass is 167 g/mol. The lowest BCUT2D eigenvalue weighted by atomic mass is 10.0. The summed E-state index contributed by atoms with van der Waals surface area (Å²) in [5.41, 5.74) is 2.14. The lowest BCUT2D eigenvalue weighted by Crippen LogP contribution is -1.98. The second kappa shape index (κ2) is 3.65. The van der Waals surface area contributed by atoms with Crippen molar-refractivity contribution in [3.05, 3.63) is 29.3 Å². The highest BCUT2D eigenvalue weighted by Crippen LogP contribution is 2.12. The van der Waals surface area contributed by atoms with Crippen LogP contribution in [-0.4, -0.2) is 4.98 Å². The molecule has 1 aromatic rings. The van der Waals surface area contributed by atoms with Gasteiger partial charge in [-0.25, -0.2) is 4.98 Å². The lowest BCUT2D eigenvalue weighted by molar-refractivity contribution is 0.575. The zero-order chi connectivity index (χ0) is 9.14. The predicted octanol–water partition coefficient (Wildman–Crippen LogP) is 2.73. The smallest absolute Gasteiger partial charge is 0.213 e. The Bertz CT molecular complexity index is 269. The van der Waals surface area contributed by atoms with E-state index in [0.29, 0.717) is 5.92 Å². The quantitative estimate of drug-likeness (QED) is 0.617. The molecule has 0 saturated carbocycles. The van der Waals surface area contributed by atoms with Gasteiger partial charge in [0.15, 0.2) is 0 Å². The van der Waals surface area contributed by atoms with E-state index in [9.17, 15) is 4.39 Å². The SMILES string of the molecule is Cc1cc(F)ncc1CC(C)C. The molecule has 12 heavy (non-hydrogen) atoms. The van der Waals surface area contributed by atoms with E-state index in [1.54, 1.807) is 6.20 Å². The van der Waals surface area contributed by atoms with E-state index in [0.717, 1.165) is 17.5 Å². The van der Waals surface area contributed by atoms with Crippen LogP contribution >= 0.6 is 0 Å². The Morgan fingerprint density at radius 3 is 2.67 bits per heavy atom. The molecule has 0 radical (unpaired) electrons. The molecule has 1 rings (SSSR count). The zero-order valence-corrected chi connectivity index (χ0v) is 7.76. The van der Waals surface area contributed by atoms with Crippen LogP contribution in [0, 0.1) is 18.8 Å². The van der Waals surface area contributed by atoms with Gasteiger partial charge in [-0.05, 0) is 36.5 Å². The summed E-state index contributed by atoms with van der Waals surface area (Å²) < 4.78 is 12.6. The number of hydrogen-bond donors (Lipinski definition) is 0. The molecule has 0 fully saturated rings. The van der Waals surface area contributed by atoms with Crippen LogP contribution in [0.1, 0.15) is 25.0 Å². The number of rotatable bonds is 2. The van der Waals surface area contributed by atoms with Gasteiger partial charge in [0.05, 0.1) is 0 Å². The Morgan fingerprint density at radius 1 is 1.50 bits per heavy atom. The van der Waals surface area contributed by atoms with Crippen LogP contribution in [0.3, 0.4) is 0 Å². The molecule has 66 valence electrons. The maximum atomic E-state index is 12.6. The average molecular weight is 167 g/mol. The zero-order valence-electron chi connectivity index (χ0n) is 7.76. The van der Waals surface area contributed by atoms with E-state index in [4.69, 9.17) is 0 Å². The third kappa shape index (κ3) is 2.29. The summed E-state index contributed by atoms with van der Waals surface area (Å²) in [4.78, 5) is 3.63. The van der Waals surface area contributed by atoms with E-state index >= 15 is 0 Å². The number of hydrogen-bond acceptors (Lipinski definition) is 1. The van der Waals surface area contributed by atoms with Crippen LogP contribution in [0.4, 0.5) is 4.39 Å². The number of aryl methyl sites for hydroxylation is 1. The first-order valence-electron chi connectivity index (χ1n) is 4.20. The first-order chi connectivity index (χ1) is 5.59. The Balaban J connectivity index is 2.86. The molecular weight excluding hydrogens is 153 g/mol. The van der Waals surface area contributed by atoms with Crippen molar-refractivity contribution in [2.24, 2.45) is 5.92 Å². The van der Waals surface area contributed by atoms with Gasteiger partial charge >= 0.3 is 0 Å². The largest absolute Gasteiger partial charge is 0.228 e. The normalized spacial score (nSPS) is 10.8. The second-order valence-electron chi connectivity index (χ2n) is 3.53. The third-order valence-electron chi connectivity index (χ3n) is 1.81. The van der Waals surface area contributed by atoms with Crippen molar-refractivity contribution in [2.75, 3.05) is 0 Å². The average Bonchev–Trinajstić information content (AvgIpc) is 1.94. The maximum absolute atomic E-state index is 12.6. The van der Waals surface area contributed by atoms with Crippen LogP contribution in [0.15, 0.2) is 12.3 Å². The van der Waals surface area contributed by atoms with Crippen molar-refractivity contribution < 1.29 is 4.39 Å². The van der Waals surface area contributed by atoms with Gasteiger partial charge in [-0.2, -0.15) is 4.39 Å². The molecule has 0 saturated heterocycles. The van der Waals surface area contributed by atoms with E-state index in [1.165, 1.54) is 6.07 Å². The van der Waals surface area contributed by atoms with Crippen molar-refractivity contribution in [3.8, 4) is 0 Å². The van der Waals surface area contributed by atoms with Gasteiger partial charge in [-0.15, -0.1) is 0 Å². The number of halogens is 1. The van der Waals surface area contributed by atoms with Gasteiger partial charge in [0.2, 0.25) is 5.95 Å². The minimum Gasteiger partial charge on any atom is -0.228 e. The number of aromatic nitrogens is 1.